The Morgan fingerprint density at radius 3 is 2.74 bits per heavy atom. The van der Waals surface area contributed by atoms with Gasteiger partial charge in [-0.05, 0) is 18.2 Å². The van der Waals surface area contributed by atoms with E-state index in [1.807, 2.05) is 19.0 Å². The molecule has 98 valence electrons. The topological polar surface area (TPSA) is 71.0 Å². The second-order valence-corrected chi connectivity index (χ2v) is 4.14. The highest BCUT2D eigenvalue weighted by molar-refractivity contribution is 5.92. The maximum Gasteiger partial charge on any atom is 0.270 e. The quantitative estimate of drug-likeness (QED) is 0.880. The lowest BCUT2D eigenvalue weighted by molar-refractivity contribution is 0.0945. The van der Waals surface area contributed by atoms with E-state index in [2.05, 4.69) is 20.3 Å². The summed E-state index contributed by atoms with van der Waals surface area (Å²) in [6.07, 6.45) is 3.26. The molecule has 0 fully saturated rings. The number of pyridine rings is 1. The molecular weight excluding hydrogens is 242 g/mol. The normalized spacial score (nSPS) is 10.0. The molecule has 1 N–H and O–H groups in total. The highest BCUT2D eigenvalue weighted by Crippen LogP contribution is 2.03. The van der Waals surface area contributed by atoms with Crippen LogP contribution in [-0.4, -0.2) is 35.0 Å². The lowest BCUT2D eigenvalue weighted by Gasteiger charge is -2.11. The molecule has 0 atom stereocenters. The van der Waals surface area contributed by atoms with Gasteiger partial charge in [0.05, 0.1) is 12.2 Å². The molecule has 2 heterocycles. The summed E-state index contributed by atoms with van der Waals surface area (Å²) in [4.78, 5) is 26.0. The Labute approximate surface area is 111 Å². The lowest BCUT2D eigenvalue weighted by atomic mass is 10.3. The van der Waals surface area contributed by atoms with Gasteiger partial charge in [0.2, 0.25) is 5.95 Å². The summed E-state index contributed by atoms with van der Waals surface area (Å²) in [5.74, 6) is 0.398. The fourth-order valence-corrected chi connectivity index (χ4v) is 1.46. The van der Waals surface area contributed by atoms with Gasteiger partial charge in [0.15, 0.2) is 0 Å². The van der Waals surface area contributed by atoms with Crippen LogP contribution in [0, 0.1) is 0 Å². The van der Waals surface area contributed by atoms with Crippen molar-refractivity contribution in [2.75, 3.05) is 19.0 Å². The van der Waals surface area contributed by atoms with Gasteiger partial charge in [0, 0.05) is 26.5 Å². The molecule has 0 bridgehead atoms. The minimum absolute atomic E-state index is 0.217. The number of rotatable bonds is 4. The Morgan fingerprint density at radius 1 is 1.21 bits per heavy atom. The largest absolute Gasteiger partial charge is 0.347 e. The van der Waals surface area contributed by atoms with Gasteiger partial charge in [-0.2, -0.15) is 0 Å². The Morgan fingerprint density at radius 2 is 2.05 bits per heavy atom. The van der Waals surface area contributed by atoms with E-state index in [0.717, 1.165) is 5.69 Å². The highest BCUT2D eigenvalue weighted by atomic mass is 16.1. The summed E-state index contributed by atoms with van der Waals surface area (Å²) in [6.45, 7) is 0.346. The van der Waals surface area contributed by atoms with Gasteiger partial charge >= 0.3 is 0 Å². The van der Waals surface area contributed by atoms with Crippen molar-refractivity contribution in [3.05, 3.63) is 48.0 Å². The predicted octanol–water partition coefficient (Wildman–Crippen LogP) is 0.868. The van der Waals surface area contributed by atoms with E-state index < -0.39 is 0 Å². The molecule has 0 aliphatic carbocycles. The van der Waals surface area contributed by atoms with E-state index in [-0.39, 0.29) is 5.91 Å². The Bertz CT molecular complexity index is 556. The number of nitrogens with zero attached hydrogens (tertiary/aromatic N) is 4. The molecule has 19 heavy (non-hydrogen) atoms. The van der Waals surface area contributed by atoms with Gasteiger partial charge in [-0.3, -0.25) is 9.78 Å². The molecule has 1 amide bonds. The monoisotopic (exact) mass is 257 g/mol. The van der Waals surface area contributed by atoms with Gasteiger partial charge in [-0.25, -0.2) is 9.97 Å². The number of aromatic nitrogens is 3. The molecule has 0 aromatic carbocycles. The van der Waals surface area contributed by atoms with Crippen LogP contribution in [0.4, 0.5) is 5.95 Å². The van der Waals surface area contributed by atoms with Crippen LogP contribution in [0.1, 0.15) is 16.2 Å². The van der Waals surface area contributed by atoms with Crippen LogP contribution in [0.25, 0.3) is 0 Å². The number of anilines is 1. The van der Waals surface area contributed by atoms with Crippen molar-refractivity contribution in [2.45, 2.75) is 6.54 Å². The minimum atomic E-state index is -0.217. The number of nitrogens with one attached hydrogen (secondary N) is 1. The van der Waals surface area contributed by atoms with E-state index in [9.17, 15) is 4.79 Å². The molecule has 0 saturated carbocycles. The van der Waals surface area contributed by atoms with Gasteiger partial charge in [0.25, 0.3) is 5.91 Å². The number of hydrogen-bond acceptors (Lipinski definition) is 5. The third kappa shape index (κ3) is 3.48. The first-order chi connectivity index (χ1) is 9.16. The molecule has 2 aromatic heterocycles. The van der Waals surface area contributed by atoms with Crippen molar-refractivity contribution in [1.29, 1.82) is 0 Å². The van der Waals surface area contributed by atoms with Gasteiger partial charge < -0.3 is 10.2 Å². The number of amides is 1. The van der Waals surface area contributed by atoms with Crippen molar-refractivity contribution in [3.63, 3.8) is 0 Å². The first-order valence-corrected chi connectivity index (χ1v) is 5.85. The van der Waals surface area contributed by atoms with Crippen LogP contribution in [0.15, 0.2) is 36.7 Å². The van der Waals surface area contributed by atoms with Crippen molar-refractivity contribution >= 4 is 11.9 Å². The Kier molecular flexibility index (Phi) is 4.02. The predicted molar refractivity (Wildman–Crippen MR) is 71.8 cm³/mol. The zero-order chi connectivity index (χ0) is 13.7. The minimum Gasteiger partial charge on any atom is -0.347 e. The molecule has 0 saturated heterocycles. The molecule has 0 aliphatic rings. The highest BCUT2D eigenvalue weighted by Gasteiger charge is 2.07. The summed E-state index contributed by atoms with van der Waals surface area (Å²) >= 11 is 0. The van der Waals surface area contributed by atoms with Crippen LogP contribution >= 0.6 is 0 Å². The molecule has 0 unspecified atom stereocenters. The molecular formula is C13H15N5O. The zero-order valence-electron chi connectivity index (χ0n) is 10.9. The molecule has 0 radical (unpaired) electrons. The van der Waals surface area contributed by atoms with Crippen LogP contribution in [0.5, 0.6) is 0 Å². The van der Waals surface area contributed by atoms with E-state index in [1.165, 1.54) is 0 Å². The number of hydrogen-bond donors (Lipinski definition) is 1. The fourth-order valence-electron chi connectivity index (χ4n) is 1.46. The molecule has 0 spiro atoms. The number of carbonyl (C=O) groups excluding carboxylic acids is 1. The van der Waals surface area contributed by atoms with Crippen molar-refractivity contribution in [1.82, 2.24) is 20.3 Å². The van der Waals surface area contributed by atoms with Gasteiger partial charge in [0.1, 0.15) is 5.69 Å². The summed E-state index contributed by atoms with van der Waals surface area (Å²) in [5, 5.41) is 2.77. The molecule has 2 rings (SSSR count). The first-order valence-electron chi connectivity index (χ1n) is 5.85. The average Bonchev–Trinajstić information content (AvgIpc) is 2.46. The van der Waals surface area contributed by atoms with Crippen molar-refractivity contribution in [2.24, 2.45) is 0 Å². The zero-order valence-corrected chi connectivity index (χ0v) is 10.9. The van der Waals surface area contributed by atoms with Gasteiger partial charge in [-0.15, -0.1) is 0 Å². The maximum absolute atomic E-state index is 11.8. The Hall–Kier alpha value is -2.50. The Balaban J connectivity index is 1.99. The van der Waals surface area contributed by atoms with E-state index in [0.29, 0.717) is 18.2 Å². The van der Waals surface area contributed by atoms with Crippen LogP contribution in [-0.2, 0) is 6.54 Å². The smallest absolute Gasteiger partial charge is 0.270 e. The standard InChI is InChI=1S/C13H15N5O/c1-18(2)13-15-8-6-10(17-13)9-16-12(19)11-5-3-4-7-14-11/h3-8H,9H2,1-2H3,(H,16,19). The van der Waals surface area contributed by atoms with Crippen LogP contribution < -0.4 is 10.2 Å². The molecule has 6 nitrogen and oxygen atoms in total. The van der Waals surface area contributed by atoms with Crippen molar-refractivity contribution in [3.8, 4) is 0 Å². The van der Waals surface area contributed by atoms with Crippen LogP contribution in [0.2, 0.25) is 0 Å². The van der Waals surface area contributed by atoms with Crippen molar-refractivity contribution < 1.29 is 4.79 Å². The third-order valence-electron chi connectivity index (χ3n) is 2.43. The lowest BCUT2D eigenvalue weighted by Crippen LogP contribution is -2.24. The van der Waals surface area contributed by atoms with E-state index in [1.54, 1.807) is 36.7 Å². The molecule has 6 heteroatoms. The van der Waals surface area contributed by atoms with Gasteiger partial charge in [-0.1, -0.05) is 6.07 Å². The maximum atomic E-state index is 11.8. The first kappa shape index (κ1) is 12.9. The molecule has 0 aliphatic heterocycles. The summed E-state index contributed by atoms with van der Waals surface area (Å²) < 4.78 is 0. The van der Waals surface area contributed by atoms with E-state index >= 15 is 0 Å². The van der Waals surface area contributed by atoms with E-state index in [4.69, 9.17) is 0 Å². The fraction of sp³-hybridized carbons (Fsp3) is 0.231. The SMILES string of the molecule is CN(C)c1nccc(CNC(=O)c2ccccn2)n1. The summed E-state index contributed by atoms with van der Waals surface area (Å²) in [6, 6.07) is 6.98. The second kappa shape index (κ2) is 5.90. The summed E-state index contributed by atoms with van der Waals surface area (Å²) in [5.41, 5.74) is 1.15. The number of carbonyl (C=O) groups is 1. The summed E-state index contributed by atoms with van der Waals surface area (Å²) in [7, 11) is 3.73. The second-order valence-electron chi connectivity index (χ2n) is 4.14. The average molecular weight is 257 g/mol. The molecule has 2 aromatic rings. The third-order valence-corrected chi connectivity index (χ3v) is 2.43. The van der Waals surface area contributed by atoms with Crippen LogP contribution in [0.3, 0.4) is 0 Å².